The van der Waals surface area contributed by atoms with Crippen LogP contribution in [0.1, 0.15) is 52.1 Å². The molecule has 1 N–H and O–H groups in total. The Labute approximate surface area is 119 Å². The normalized spacial score (nSPS) is 13.8. The monoisotopic (exact) mass is 262 g/mol. The SMILES string of the molecule is CCCNCC(c1ccccc1)N(C)C(C)(C)CC. The fraction of sp³-hybridized carbons (Fsp3) is 0.647. The van der Waals surface area contributed by atoms with Gasteiger partial charge in [0, 0.05) is 18.1 Å². The molecule has 0 aliphatic heterocycles. The summed E-state index contributed by atoms with van der Waals surface area (Å²) in [6.07, 6.45) is 2.34. The van der Waals surface area contributed by atoms with Crippen LogP contribution in [0.3, 0.4) is 0 Å². The third kappa shape index (κ3) is 4.63. The average molecular weight is 262 g/mol. The molecule has 108 valence electrons. The van der Waals surface area contributed by atoms with Crippen LogP contribution in [0.2, 0.25) is 0 Å². The molecule has 0 aromatic heterocycles. The van der Waals surface area contributed by atoms with Crippen LogP contribution in [0.15, 0.2) is 30.3 Å². The van der Waals surface area contributed by atoms with E-state index >= 15 is 0 Å². The number of rotatable bonds is 8. The van der Waals surface area contributed by atoms with E-state index in [1.165, 1.54) is 12.0 Å². The lowest BCUT2D eigenvalue weighted by Gasteiger charge is -2.41. The Kier molecular flexibility index (Phi) is 6.53. The molecule has 1 aromatic rings. The minimum absolute atomic E-state index is 0.217. The van der Waals surface area contributed by atoms with E-state index < -0.39 is 0 Å². The molecule has 0 amide bonds. The Bertz CT molecular complexity index is 346. The van der Waals surface area contributed by atoms with Crippen LogP contribution in [0.4, 0.5) is 0 Å². The van der Waals surface area contributed by atoms with E-state index in [1.54, 1.807) is 0 Å². The third-order valence-corrected chi connectivity index (χ3v) is 4.24. The highest BCUT2D eigenvalue weighted by atomic mass is 15.2. The summed E-state index contributed by atoms with van der Waals surface area (Å²) in [6.45, 7) is 11.2. The summed E-state index contributed by atoms with van der Waals surface area (Å²) < 4.78 is 0. The molecular weight excluding hydrogens is 232 g/mol. The molecule has 1 aromatic carbocycles. The zero-order chi connectivity index (χ0) is 14.3. The largest absolute Gasteiger partial charge is 0.315 e. The molecule has 0 aliphatic rings. The van der Waals surface area contributed by atoms with Crippen molar-refractivity contribution in [2.75, 3.05) is 20.1 Å². The molecule has 0 fully saturated rings. The maximum atomic E-state index is 3.57. The number of hydrogen-bond donors (Lipinski definition) is 1. The summed E-state index contributed by atoms with van der Waals surface area (Å²) in [5.41, 5.74) is 1.61. The van der Waals surface area contributed by atoms with Crippen molar-refractivity contribution in [1.29, 1.82) is 0 Å². The number of hydrogen-bond acceptors (Lipinski definition) is 2. The van der Waals surface area contributed by atoms with Gasteiger partial charge in [-0.2, -0.15) is 0 Å². The molecule has 2 heteroatoms. The Morgan fingerprint density at radius 1 is 1.16 bits per heavy atom. The first kappa shape index (κ1) is 16.2. The van der Waals surface area contributed by atoms with Gasteiger partial charge in [-0.15, -0.1) is 0 Å². The molecular formula is C17H30N2. The van der Waals surface area contributed by atoms with E-state index in [0.717, 1.165) is 19.5 Å². The van der Waals surface area contributed by atoms with Crippen LogP contribution in [-0.4, -0.2) is 30.6 Å². The van der Waals surface area contributed by atoms with E-state index in [2.05, 4.69) is 75.3 Å². The minimum atomic E-state index is 0.217. The van der Waals surface area contributed by atoms with Gasteiger partial charge in [-0.25, -0.2) is 0 Å². The Balaban J connectivity index is 2.86. The van der Waals surface area contributed by atoms with Crippen molar-refractivity contribution < 1.29 is 0 Å². The highest BCUT2D eigenvalue weighted by molar-refractivity contribution is 5.20. The summed E-state index contributed by atoms with van der Waals surface area (Å²) in [5, 5.41) is 3.57. The average Bonchev–Trinajstić information content (AvgIpc) is 2.44. The Morgan fingerprint density at radius 3 is 2.32 bits per heavy atom. The molecule has 19 heavy (non-hydrogen) atoms. The van der Waals surface area contributed by atoms with Gasteiger partial charge in [0.2, 0.25) is 0 Å². The van der Waals surface area contributed by atoms with Crippen LogP contribution >= 0.6 is 0 Å². The van der Waals surface area contributed by atoms with Crippen LogP contribution < -0.4 is 5.32 Å². The van der Waals surface area contributed by atoms with E-state index in [1.807, 2.05) is 0 Å². The van der Waals surface area contributed by atoms with Crippen molar-refractivity contribution in [1.82, 2.24) is 10.2 Å². The fourth-order valence-corrected chi connectivity index (χ4v) is 2.24. The van der Waals surface area contributed by atoms with Gasteiger partial charge >= 0.3 is 0 Å². The lowest BCUT2D eigenvalue weighted by atomic mass is 9.94. The fourth-order valence-electron chi connectivity index (χ4n) is 2.24. The Hall–Kier alpha value is -0.860. The Morgan fingerprint density at radius 2 is 1.79 bits per heavy atom. The predicted molar refractivity (Wildman–Crippen MR) is 84.5 cm³/mol. The van der Waals surface area contributed by atoms with Crippen molar-refractivity contribution in [2.45, 2.75) is 52.1 Å². The summed E-state index contributed by atoms with van der Waals surface area (Å²) in [7, 11) is 2.24. The van der Waals surface area contributed by atoms with Crippen LogP contribution in [-0.2, 0) is 0 Å². The summed E-state index contributed by atoms with van der Waals surface area (Å²) in [4.78, 5) is 2.50. The number of benzene rings is 1. The first-order valence-electron chi connectivity index (χ1n) is 7.51. The topological polar surface area (TPSA) is 15.3 Å². The number of nitrogens with zero attached hydrogens (tertiary/aromatic N) is 1. The maximum absolute atomic E-state index is 3.57. The van der Waals surface area contributed by atoms with Gasteiger partial charge in [0.15, 0.2) is 0 Å². The van der Waals surface area contributed by atoms with Gasteiger partial charge in [0.25, 0.3) is 0 Å². The second kappa shape index (κ2) is 7.66. The quantitative estimate of drug-likeness (QED) is 0.716. The first-order chi connectivity index (χ1) is 9.03. The van der Waals surface area contributed by atoms with E-state index in [4.69, 9.17) is 0 Å². The van der Waals surface area contributed by atoms with Crippen molar-refractivity contribution in [3.05, 3.63) is 35.9 Å². The zero-order valence-electron chi connectivity index (χ0n) is 13.2. The third-order valence-electron chi connectivity index (χ3n) is 4.24. The molecule has 1 unspecified atom stereocenters. The summed E-state index contributed by atoms with van der Waals surface area (Å²) in [6, 6.07) is 11.3. The molecule has 1 rings (SSSR count). The zero-order valence-corrected chi connectivity index (χ0v) is 13.2. The number of likely N-dealkylation sites (N-methyl/N-ethyl adjacent to an activating group) is 1. The van der Waals surface area contributed by atoms with Crippen LogP contribution in [0.25, 0.3) is 0 Å². The smallest absolute Gasteiger partial charge is 0.0474 e. The molecule has 0 aliphatic carbocycles. The van der Waals surface area contributed by atoms with Gasteiger partial charge in [0.05, 0.1) is 0 Å². The molecule has 0 heterocycles. The summed E-state index contributed by atoms with van der Waals surface area (Å²) in [5.74, 6) is 0. The van der Waals surface area contributed by atoms with E-state index in [0.29, 0.717) is 6.04 Å². The molecule has 0 saturated heterocycles. The lowest BCUT2D eigenvalue weighted by molar-refractivity contribution is 0.0957. The minimum Gasteiger partial charge on any atom is -0.315 e. The molecule has 0 saturated carbocycles. The van der Waals surface area contributed by atoms with Crippen molar-refractivity contribution in [2.24, 2.45) is 0 Å². The number of nitrogens with one attached hydrogen (secondary N) is 1. The molecule has 0 radical (unpaired) electrons. The maximum Gasteiger partial charge on any atom is 0.0474 e. The highest BCUT2D eigenvalue weighted by Crippen LogP contribution is 2.28. The van der Waals surface area contributed by atoms with E-state index in [-0.39, 0.29) is 5.54 Å². The molecule has 2 nitrogen and oxygen atoms in total. The van der Waals surface area contributed by atoms with Gasteiger partial charge in [0.1, 0.15) is 0 Å². The first-order valence-corrected chi connectivity index (χ1v) is 7.51. The highest BCUT2D eigenvalue weighted by Gasteiger charge is 2.28. The van der Waals surface area contributed by atoms with Gasteiger partial charge < -0.3 is 5.32 Å². The van der Waals surface area contributed by atoms with Gasteiger partial charge in [-0.05, 0) is 45.8 Å². The standard InChI is InChI=1S/C17H30N2/c1-6-13-18-14-16(15-11-9-8-10-12-15)19(5)17(3,4)7-2/h8-12,16,18H,6-7,13-14H2,1-5H3. The van der Waals surface area contributed by atoms with Gasteiger partial charge in [-0.1, -0.05) is 44.2 Å². The van der Waals surface area contributed by atoms with Crippen molar-refractivity contribution in [3.8, 4) is 0 Å². The molecule has 0 spiro atoms. The second-order valence-electron chi connectivity index (χ2n) is 5.91. The summed E-state index contributed by atoms with van der Waals surface area (Å²) >= 11 is 0. The van der Waals surface area contributed by atoms with Crippen LogP contribution in [0, 0.1) is 0 Å². The van der Waals surface area contributed by atoms with Gasteiger partial charge in [-0.3, -0.25) is 4.90 Å². The van der Waals surface area contributed by atoms with Crippen molar-refractivity contribution in [3.63, 3.8) is 0 Å². The molecule has 0 bridgehead atoms. The molecule has 1 atom stereocenters. The predicted octanol–water partition coefficient (Wildman–Crippen LogP) is 3.85. The lowest BCUT2D eigenvalue weighted by Crippen LogP contribution is -2.46. The van der Waals surface area contributed by atoms with Crippen molar-refractivity contribution >= 4 is 0 Å². The van der Waals surface area contributed by atoms with E-state index in [9.17, 15) is 0 Å². The second-order valence-corrected chi connectivity index (χ2v) is 5.91. The van der Waals surface area contributed by atoms with Crippen LogP contribution in [0.5, 0.6) is 0 Å².